The van der Waals surface area contributed by atoms with Gasteiger partial charge in [0.2, 0.25) is 0 Å². The summed E-state index contributed by atoms with van der Waals surface area (Å²) in [5.41, 5.74) is 1.36. The summed E-state index contributed by atoms with van der Waals surface area (Å²) in [5.74, 6) is 1.48. The fraction of sp³-hybridized carbons (Fsp3) is 0.720. The quantitative estimate of drug-likeness (QED) is 0.234. The van der Waals surface area contributed by atoms with Gasteiger partial charge in [-0.15, -0.1) is 24.0 Å². The van der Waals surface area contributed by atoms with E-state index in [0.29, 0.717) is 12.0 Å². The maximum Gasteiger partial charge on any atom is 0.191 e. The van der Waals surface area contributed by atoms with Crippen LogP contribution in [0.2, 0.25) is 0 Å². The van der Waals surface area contributed by atoms with Crippen LogP contribution in [0.4, 0.5) is 0 Å². The van der Waals surface area contributed by atoms with Crippen molar-refractivity contribution in [3.63, 3.8) is 0 Å². The number of guanidine groups is 1. The van der Waals surface area contributed by atoms with Crippen LogP contribution in [0.25, 0.3) is 0 Å². The molecule has 1 aliphatic rings. The SMILES string of the molecule is CCNC(=NCC(C)CN1CCN(CC)CC1)NCC(c1ccccc1)N(CC)CC.I. The van der Waals surface area contributed by atoms with Gasteiger partial charge in [-0.2, -0.15) is 0 Å². The lowest BCUT2D eigenvalue weighted by atomic mass is 10.1. The molecule has 1 aromatic rings. The van der Waals surface area contributed by atoms with E-state index in [-0.39, 0.29) is 24.0 Å². The second-order valence-corrected chi connectivity index (χ2v) is 8.59. The van der Waals surface area contributed by atoms with Crippen LogP contribution in [0.3, 0.4) is 0 Å². The first-order valence-corrected chi connectivity index (χ1v) is 12.4. The molecule has 1 saturated heterocycles. The Morgan fingerprint density at radius 3 is 2.16 bits per heavy atom. The van der Waals surface area contributed by atoms with Gasteiger partial charge in [0, 0.05) is 52.4 Å². The third-order valence-corrected chi connectivity index (χ3v) is 6.29. The van der Waals surface area contributed by atoms with Crippen molar-refractivity contribution in [3.05, 3.63) is 35.9 Å². The first kappa shape index (κ1) is 29.1. The number of halogens is 1. The van der Waals surface area contributed by atoms with Crippen molar-refractivity contribution < 1.29 is 0 Å². The molecule has 0 amide bonds. The summed E-state index contributed by atoms with van der Waals surface area (Å²) in [4.78, 5) is 12.6. The lowest BCUT2D eigenvalue weighted by molar-refractivity contribution is 0.125. The van der Waals surface area contributed by atoms with Crippen molar-refractivity contribution in [2.45, 2.75) is 40.7 Å². The number of hydrogen-bond donors (Lipinski definition) is 2. The first-order chi connectivity index (χ1) is 15.1. The Morgan fingerprint density at radius 1 is 0.969 bits per heavy atom. The summed E-state index contributed by atoms with van der Waals surface area (Å²) in [5, 5.41) is 7.05. The molecule has 6 nitrogen and oxygen atoms in total. The lowest BCUT2D eigenvalue weighted by Gasteiger charge is -2.35. The fourth-order valence-corrected chi connectivity index (χ4v) is 4.37. The van der Waals surface area contributed by atoms with Crippen molar-refractivity contribution in [2.24, 2.45) is 10.9 Å². The number of rotatable bonds is 12. The third kappa shape index (κ3) is 9.93. The molecule has 1 aromatic carbocycles. The summed E-state index contributed by atoms with van der Waals surface area (Å²) in [6.45, 7) is 22.9. The van der Waals surface area contributed by atoms with Gasteiger partial charge >= 0.3 is 0 Å². The fourth-order valence-electron chi connectivity index (χ4n) is 4.37. The normalized spacial score (nSPS) is 17.6. The van der Waals surface area contributed by atoms with Crippen LogP contribution in [0.5, 0.6) is 0 Å². The topological polar surface area (TPSA) is 46.1 Å². The Labute approximate surface area is 214 Å². The zero-order valence-corrected chi connectivity index (χ0v) is 23.3. The molecule has 2 unspecified atom stereocenters. The van der Waals surface area contributed by atoms with Gasteiger partial charge in [-0.05, 0) is 38.0 Å². The molecular weight excluding hydrogens is 511 g/mol. The Morgan fingerprint density at radius 2 is 1.59 bits per heavy atom. The number of nitrogens with one attached hydrogen (secondary N) is 2. The molecule has 0 bridgehead atoms. The van der Waals surface area contributed by atoms with Crippen molar-refractivity contribution in [2.75, 3.05) is 72.0 Å². The van der Waals surface area contributed by atoms with E-state index in [0.717, 1.165) is 45.2 Å². The maximum atomic E-state index is 4.93. The van der Waals surface area contributed by atoms with Crippen LogP contribution in [0, 0.1) is 5.92 Å². The molecule has 32 heavy (non-hydrogen) atoms. The van der Waals surface area contributed by atoms with E-state index in [1.54, 1.807) is 0 Å². The number of nitrogens with zero attached hydrogens (tertiary/aromatic N) is 4. The molecule has 2 N–H and O–H groups in total. The highest BCUT2D eigenvalue weighted by atomic mass is 127. The average molecular weight is 559 g/mol. The lowest BCUT2D eigenvalue weighted by Crippen LogP contribution is -2.47. The highest BCUT2D eigenvalue weighted by Crippen LogP contribution is 2.19. The second-order valence-electron chi connectivity index (χ2n) is 8.59. The first-order valence-electron chi connectivity index (χ1n) is 12.4. The predicted molar refractivity (Wildman–Crippen MR) is 149 cm³/mol. The van der Waals surface area contributed by atoms with Crippen LogP contribution < -0.4 is 10.6 Å². The molecule has 184 valence electrons. The summed E-state index contributed by atoms with van der Waals surface area (Å²) in [6.07, 6.45) is 0. The van der Waals surface area contributed by atoms with Crippen LogP contribution >= 0.6 is 24.0 Å². The summed E-state index contributed by atoms with van der Waals surface area (Å²) in [7, 11) is 0. The van der Waals surface area contributed by atoms with Gasteiger partial charge in [-0.25, -0.2) is 0 Å². The van der Waals surface area contributed by atoms with Crippen molar-refractivity contribution in [3.8, 4) is 0 Å². The number of piperazine rings is 1. The third-order valence-electron chi connectivity index (χ3n) is 6.29. The summed E-state index contributed by atoms with van der Waals surface area (Å²) in [6, 6.07) is 11.2. The van der Waals surface area contributed by atoms with Gasteiger partial charge in [0.05, 0.1) is 6.04 Å². The van der Waals surface area contributed by atoms with E-state index in [2.05, 4.69) is 90.3 Å². The number of hydrogen-bond acceptors (Lipinski definition) is 4. The molecule has 2 rings (SSSR count). The minimum Gasteiger partial charge on any atom is -0.357 e. The van der Waals surface area contributed by atoms with Gasteiger partial charge in [0.15, 0.2) is 5.96 Å². The monoisotopic (exact) mass is 558 g/mol. The Kier molecular flexibility index (Phi) is 15.2. The van der Waals surface area contributed by atoms with Crippen molar-refractivity contribution >= 4 is 29.9 Å². The van der Waals surface area contributed by atoms with E-state index in [1.807, 2.05) is 0 Å². The van der Waals surface area contributed by atoms with E-state index in [1.165, 1.54) is 38.3 Å². The van der Waals surface area contributed by atoms with E-state index >= 15 is 0 Å². The van der Waals surface area contributed by atoms with Crippen LogP contribution in [0.15, 0.2) is 35.3 Å². The molecule has 0 spiro atoms. The second kappa shape index (κ2) is 16.7. The molecule has 1 aliphatic heterocycles. The van der Waals surface area contributed by atoms with Crippen molar-refractivity contribution in [1.82, 2.24) is 25.3 Å². The summed E-state index contributed by atoms with van der Waals surface area (Å²) >= 11 is 0. The Bertz CT molecular complexity index is 614. The van der Waals surface area contributed by atoms with Gasteiger partial charge in [-0.3, -0.25) is 9.89 Å². The van der Waals surface area contributed by atoms with E-state index in [4.69, 9.17) is 4.99 Å². The molecular formula is C25H47IN6. The zero-order chi connectivity index (χ0) is 22.5. The Hall–Kier alpha value is -0.900. The van der Waals surface area contributed by atoms with Gasteiger partial charge in [0.1, 0.15) is 0 Å². The van der Waals surface area contributed by atoms with Gasteiger partial charge in [-0.1, -0.05) is 58.0 Å². The standard InChI is InChI=1S/C25H46N6.HI/c1-6-26-25(27-19-22(5)21-30-17-15-29(7-2)16-18-30)28-20-24(31(8-3)9-4)23-13-11-10-12-14-23;/h10-14,22,24H,6-9,15-21H2,1-5H3,(H2,26,27,28);1H. The zero-order valence-electron chi connectivity index (χ0n) is 21.0. The number of aliphatic imine (C=N–C) groups is 1. The molecule has 0 aromatic heterocycles. The molecule has 1 heterocycles. The van der Waals surface area contributed by atoms with Gasteiger partial charge < -0.3 is 20.4 Å². The minimum absolute atomic E-state index is 0. The van der Waals surface area contributed by atoms with Crippen LogP contribution in [-0.4, -0.2) is 92.7 Å². The Balaban J connectivity index is 0.00000512. The molecule has 0 radical (unpaired) electrons. The maximum absolute atomic E-state index is 4.93. The molecule has 0 saturated carbocycles. The van der Waals surface area contributed by atoms with Crippen LogP contribution in [0.1, 0.15) is 46.2 Å². The highest BCUT2D eigenvalue weighted by Gasteiger charge is 2.19. The van der Waals surface area contributed by atoms with E-state index < -0.39 is 0 Å². The smallest absolute Gasteiger partial charge is 0.191 e. The van der Waals surface area contributed by atoms with E-state index in [9.17, 15) is 0 Å². The number of benzene rings is 1. The highest BCUT2D eigenvalue weighted by molar-refractivity contribution is 14.0. The number of likely N-dealkylation sites (N-methyl/N-ethyl adjacent to an activating group) is 2. The van der Waals surface area contributed by atoms with Gasteiger partial charge in [0.25, 0.3) is 0 Å². The summed E-state index contributed by atoms with van der Waals surface area (Å²) < 4.78 is 0. The van der Waals surface area contributed by atoms with Crippen LogP contribution in [-0.2, 0) is 0 Å². The molecule has 2 atom stereocenters. The molecule has 1 fully saturated rings. The molecule has 7 heteroatoms. The van der Waals surface area contributed by atoms with Crippen molar-refractivity contribution in [1.29, 1.82) is 0 Å². The molecule has 0 aliphatic carbocycles. The largest absolute Gasteiger partial charge is 0.357 e. The average Bonchev–Trinajstić information content (AvgIpc) is 2.81. The predicted octanol–water partition coefficient (Wildman–Crippen LogP) is 3.52. The minimum atomic E-state index is 0.